The Balaban J connectivity index is 0.000000189. The van der Waals surface area contributed by atoms with Gasteiger partial charge in [0, 0.05) is 69.0 Å². The van der Waals surface area contributed by atoms with Crippen molar-refractivity contribution >= 4 is 73.8 Å². The molecule has 3 aromatic carbocycles. The van der Waals surface area contributed by atoms with Crippen LogP contribution in [-0.4, -0.2) is 160 Å². The molecule has 11 rings (SSSR count). The zero-order valence-electron chi connectivity index (χ0n) is 43.2. The minimum atomic E-state index is -3.33. The molecule has 0 unspecified atom stereocenters. The van der Waals surface area contributed by atoms with Gasteiger partial charge in [-0.25, -0.2) is 47.9 Å². The summed E-state index contributed by atoms with van der Waals surface area (Å²) in [5.41, 5.74) is 5.67. The second kappa shape index (κ2) is 24.2. The number of anilines is 3. The number of aromatic nitrogens is 6. The van der Waals surface area contributed by atoms with Crippen molar-refractivity contribution in [3.63, 3.8) is 0 Å². The number of phenolic OH excluding ortho intramolecular Hbond substituents is 2. The van der Waals surface area contributed by atoms with E-state index in [4.69, 9.17) is 29.4 Å². The van der Waals surface area contributed by atoms with Crippen LogP contribution in [0.2, 0.25) is 0 Å². The van der Waals surface area contributed by atoms with Crippen LogP contribution in [0.25, 0.3) is 67.9 Å². The number of hydrogen-bond donors (Lipinski definition) is 4. The largest absolute Gasteiger partial charge is 0.508 e. The highest BCUT2D eigenvalue weighted by atomic mass is 32.2. The Labute approximate surface area is 440 Å². The smallest absolute Gasteiger partial charge is 0.354 e. The maximum atomic E-state index is 12.2. The number of sulfonamides is 1. The molecule has 1 aliphatic carbocycles. The van der Waals surface area contributed by atoms with Crippen LogP contribution >= 0.6 is 0 Å². The van der Waals surface area contributed by atoms with Gasteiger partial charge in [-0.05, 0) is 65.2 Å². The van der Waals surface area contributed by atoms with E-state index in [2.05, 4.69) is 33.1 Å². The Morgan fingerprint density at radius 3 is 1.53 bits per heavy atom. The fourth-order valence-corrected chi connectivity index (χ4v) is 10.1. The first-order chi connectivity index (χ1) is 36.8. The van der Waals surface area contributed by atoms with Gasteiger partial charge in [0.2, 0.25) is 21.9 Å². The van der Waals surface area contributed by atoms with Crippen LogP contribution in [-0.2, 0) is 19.5 Å². The molecule has 20 nitrogen and oxygen atoms in total. The number of morpholine rings is 2. The normalized spacial score (nSPS) is 15.6. The molecule has 4 N–H and O–H groups in total. The SMILES string of the molecule is CC.CC.CS(=O)(=O)N1CCN(c2cc(C(=O)O)nc3c(-c4cccc(O)c4)nc(N4CCOCC4)nc23)CC1.O=C(O)c1cc(-c2cccc3c2=CCCC=3)c2nc(N3CCOCC3)nc(-c3cccc(O)c3)c2n1. The molecule has 0 atom stereocenters. The maximum Gasteiger partial charge on any atom is 0.354 e. The van der Waals surface area contributed by atoms with Gasteiger partial charge >= 0.3 is 11.9 Å². The second-order valence-corrected chi connectivity index (χ2v) is 19.6. The van der Waals surface area contributed by atoms with Crippen LogP contribution < -0.4 is 25.1 Å². The molecule has 0 radical (unpaired) electrons. The molecule has 0 saturated carbocycles. The zero-order valence-corrected chi connectivity index (χ0v) is 44.0. The molecule has 0 amide bonds. The van der Waals surface area contributed by atoms with E-state index in [0.717, 1.165) is 28.8 Å². The van der Waals surface area contributed by atoms with Gasteiger partial charge in [0.25, 0.3) is 0 Å². The highest BCUT2D eigenvalue weighted by Gasteiger charge is 2.29. The molecule has 3 saturated heterocycles. The summed E-state index contributed by atoms with van der Waals surface area (Å²) >= 11 is 0. The summed E-state index contributed by atoms with van der Waals surface area (Å²) < 4.78 is 36.4. The van der Waals surface area contributed by atoms with Gasteiger partial charge in [-0.2, -0.15) is 4.31 Å². The topological polar surface area (TPSA) is 258 Å². The Morgan fingerprint density at radius 2 is 1.01 bits per heavy atom. The van der Waals surface area contributed by atoms with Crippen LogP contribution in [0.15, 0.2) is 78.9 Å². The summed E-state index contributed by atoms with van der Waals surface area (Å²) in [7, 11) is -3.33. The number of phenols is 2. The van der Waals surface area contributed by atoms with E-state index in [1.807, 2.05) is 55.7 Å². The van der Waals surface area contributed by atoms with Crippen molar-refractivity contribution in [2.45, 2.75) is 40.5 Å². The number of ether oxygens (including phenoxy) is 2. The highest BCUT2D eigenvalue weighted by molar-refractivity contribution is 7.88. The molecule has 398 valence electrons. The average molecular weight is 1060 g/mol. The van der Waals surface area contributed by atoms with Gasteiger partial charge in [-0.1, -0.05) is 82.3 Å². The number of fused-ring (bicyclic) bond motifs is 3. The number of carboxylic acids is 2. The van der Waals surface area contributed by atoms with Gasteiger partial charge < -0.3 is 44.6 Å². The maximum absolute atomic E-state index is 12.2. The van der Waals surface area contributed by atoms with Gasteiger partial charge in [-0.15, -0.1) is 0 Å². The third-order valence-electron chi connectivity index (χ3n) is 12.9. The first-order valence-corrected chi connectivity index (χ1v) is 27.3. The van der Waals surface area contributed by atoms with Crippen molar-refractivity contribution in [1.82, 2.24) is 34.2 Å². The molecule has 0 bridgehead atoms. The molecule has 3 fully saturated rings. The Hall–Kier alpha value is -7.85. The first-order valence-electron chi connectivity index (χ1n) is 25.5. The summed E-state index contributed by atoms with van der Waals surface area (Å²) in [5.74, 6) is -1.23. The molecule has 7 aromatic rings. The van der Waals surface area contributed by atoms with Crippen LogP contribution in [0, 0.1) is 0 Å². The van der Waals surface area contributed by atoms with Crippen LogP contribution in [0.1, 0.15) is 61.5 Å². The highest BCUT2D eigenvalue weighted by Crippen LogP contribution is 2.37. The standard InChI is InChI=1S/C28H24N4O4.C23H26N6O6S.2C2H6/c33-19-8-3-7-18(15-19)24-26-25(31-28(30-24)32-11-13-36-14-12-32)22(16-23(29-26)27(34)35)21-10-4-6-17-5-1-2-9-20(17)21;1-36(33,34)29-7-5-27(6-8-29)18-14-17(22(31)32)24-21-19(15-3-2-4-16(30)13-15)25-23(26-20(18)21)28-9-11-35-12-10-28;2*1-2/h3-10,15-16,33H,1-2,11-14H2,(H,34,35);2-4,13-14,30H,5-12H2,1H3,(H,31,32);2*1-2H3. The summed E-state index contributed by atoms with van der Waals surface area (Å²) in [5, 5.41) is 42.2. The molecular formula is C55H62N10O10S. The fraction of sp³-hybridized carbons (Fsp3) is 0.345. The van der Waals surface area contributed by atoms with Gasteiger partial charge in [0.15, 0.2) is 5.69 Å². The van der Waals surface area contributed by atoms with E-state index >= 15 is 0 Å². The zero-order chi connectivity index (χ0) is 54.1. The Morgan fingerprint density at radius 1 is 0.526 bits per heavy atom. The van der Waals surface area contributed by atoms with Gasteiger partial charge in [-0.3, -0.25) is 0 Å². The van der Waals surface area contributed by atoms with Gasteiger partial charge in [0.05, 0.1) is 38.4 Å². The molecule has 3 aliphatic heterocycles. The Kier molecular flexibility index (Phi) is 17.3. The number of aromatic carboxylic acids is 2. The lowest BCUT2D eigenvalue weighted by atomic mass is 9.96. The number of carboxylic acid groups (broad SMARTS) is 2. The summed E-state index contributed by atoms with van der Waals surface area (Å²) in [6, 6.07) is 22.4. The van der Waals surface area contributed by atoms with E-state index in [0.29, 0.717) is 128 Å². The van der Waals surface area contributed by atoms with E-state index in [1.54, 1.807) is 48.5 Å². The monoisotopic (exact) mass is 1050 g/mol. The van der Waals surface area contributed by atoms with Crippen molar-refractivity contribution in [3.05, 3.63) is 101 Å². The van der Waals surface area contributed by atoms with Gasteiger partial charge in [0.1, 0.15) is 50.6 Å². The summed E-state index contributed by atoms with van der Waals surface area (Å²) in [4.78, 5) is 58.4. The molecule has 76 heavy (non-hydrogen) atoms. The van der Waals surface area contributed by atoms with E-state index in [9.17, 15) is 38.4 Å². The number of piperazine rings is 1. The van der Waals surface area contributed by atoms with E-state index in [1.165, 1.54) is 16.6 Å². The molecule has 4 aliphatic rings. The second-order valence-electron chi connectivity index (χ2n) is 17.6. The predicted molar refractivity (Wildman–Crippen MR) is 293 cm³/mol. The van der Waals surface area contributed by atoms with Crippen molar-refractivity contribution in [2.24, 2.45) is 0 Å². The molecule has 4 aromatic heterocycles. The number of nitrogens with zero attached hydrogens (tertiary/aromatic N) is 10. The number of rotatable bonds is 9. The lowest BCUT2D eigenvalue weighted by Crippen LogP contribution is -2.48. The van der Waals surface area contributed by atoms with Crippen LogP contribution in [0.3, 0.4) is 0 Å². The number of benzene rings is 3. The third kappa shape index (κ3) is 12.0. The van der Waals surface area contributed by atoms with Crippen molar-refractivity contribution < 1.29 is 47.9 Å². The van der Waals surface area contributed by atoms with Crippen molar-refractivity contribution in [3.8, 4) is 45.1 Å². The minimum Gasteiger partial charge on any atom is -0.508 e. The molecule has 21 heteroatoms. The lowest BCUT2D eigenvalue weighted by molar-refractivity contribution is 0.0680. The predicted octanol–water partition coefficient (Wildman–Crippen LogP) is 6.02. The minimum absolute atomic E-state index is 0.0405. The molecule has 0 spiro atoms. The quantitative estimate of drug-likeness (QED) is 0.129. The fourth-order valence-electron chi connectivity index (χ4n) is 9.31. The van der Waals surface area contributed by atoms with Crippen molar-refractivity contribution in [1.29, 1.82) is 0 Å². The molecular weight excluding hydrogens is 993 g/mol. The first kappa shape index (κ1) is 54.4. The molecule has 7 heterocycles. The van der Waals surface area contributed by atoms with Crippen LogP contribution in [0.5, 0.6) is 11.5 Å². The Bertz CT molecular complexity index is 3510. The lowest BCUT2D eigenvalue weighted by Gasteiger charge is -2.35. The summed E-state index contributed by atoms with van der Waals surface area (Å²) in [6.45, 7) is 13.9. The number of aromatic hydroxyl groups is 2. The third-order valence-corrected chi connectivity index (χ3v) is 14.2. The van der Waals surface area contributed by atoms with E-state index in [-0.39, 0.29) is 41.5 Å². The van der Waals surface area contributed by atoms with Crippen LogP contribution in [0.4, 0.5) is 17.6 Å². The number of pyridine rings is 2. The summed E-state index contributed by atoms with van der Waals surface area (Å²) in [6.07, 6.45) is 7.46. The average Bonchev–Trinajstić information content (AvgIpc) is 3.45. The van der Waals surface area contributed by atoms with Crippen molar-refractivity contribution in [2.75, 3.05) is 99.7 Å². The number of carbonyl (C=O) groups is 2. The number of hydrogen-bond acceptors (Lipinski definition) is 17. The van der Waals surface area contributed by atoms with E-state index < -0.39 is 22.0 Å².